The molecule has 7 heteroatoms. The Hall–Kier alpha value is -3.09. The second-order valence-corrected chi connectivity index (χ2v) is 7.23. The standard InChI is InChI=1S/C23H28N2O5/c1-3-5-14-30-23(28)16-9-11-17(12-10-16)24-22(27)21-18-8-6-7-13-25(18)20(26)15-19(21)29-4-2/h9-12,15H,3-8,13-14H2,1-2H3,(H,24,27). The molecular formula is C23H28N2O5. The average Bonchev–Trinajstić information content (AvgIpc) is 2.75. The maximum atomic E-state index is 13.1. The fourth-order valence-electron chi connectivity index (χ4n) is 3.53. The SMILES string of the molecule is CCCCOC(=O)c1ccc(NC(=O)c2c(OCC)cc(=O)n3c2CCCC3)cc1. The third-order valence-electron chi connectivity index (χ3n) is 5.06. The van der Waals surface area contributed by atoms with Crippen LogP contribution >= 0.6 is 0 Å². The van der Waals surface area contributed by atoms with Crippen molar-refractivity contribution < 1.29 is 19.1 Å². The number of rotatable bonds is 8. The van der Waals surface area contributed by atoms with Crippen LogP contribution < -0.4 is 15.6 Å². The van der Waals surface area contributed by atoms with Gasteiger partial charge in [-0.05, 0) is 56.9 Å². The Labute approximate surface area is 176 Å². The molecule has 0 spiro atoms. The van der Waals surface area contributed by atoms with Crippen LogP contribution in [0.25, 0.3) is 0 Å². The molecule has 0 unspecified atom stereocenters. The number of amides is 1. The maximum Gasteiger partial charge on any atom is 0.338 e. The lowest BCUT2D eigenvalue weighted by Crippen LogP contribution is -2.31. The van der Waals surface area contributed by atoms with Crippen LogP contribution in [0.4, 0.5) is 5.69 Å². The van der Waals surface area contributed by atoms with Crippen LogP contribution in [0.5, 0.6) is 5.75 Å². The molecule has 1 aromatic carbocycles. The van der Waals surface area contributed by atoms with Crippen LogP contribution in [0.2, 0.25) is 0 Å². The number of nitrogens with one attached hydrogen (secondary N) is 1. The first kappa shape index (κ1) is 21.6. The van der Waals surface area contributed by atoms with Crippen molar-refractivity contribution in [1.29, 1.82) is 0 Å². The van der Waals surface area contributed by atoms with E-state index in [0.29, 0.717) is 54.4 Å². The topological polar surface area (TPSA) is 86.6 Å². The zero-order chi connectivity index (χ0) is 21.5. The molecule has 2 heterocycles. The highest BCUT2D eigenvalue weighted by Gasteiger charge is 2.24. The van der Waals surface area contributed by atoms with E-state index in [0.717, 1.165) is 25.7 Å². The zero-order valence-electron chi connectivity index (χ0n) is 17.5. The number of anilines is 1. The number of hydrogen-bond donors (Lipinski definition) is 1. The number of ether oxygens (including phenoxy) is 2. The van der Waals surface area contributed by atoms with Crippen molar-refractivity contribution in [2.75, 3.05) is 18.5 Å². The Morgan fingerprint density at radius 2 is 1.90 bits per heavy atom. The van der Waals surface area contributed by atoms with Gasteiger partial charge in [-0.25, -0.2) is 4.79 Å². The minimum Gasteiger partial charge on any atom is -0.493 e. The molecule has 1 aromatic heterocycles. The molecule has 0 aliphatic carbocycles. The van der Waals surface area contributed by atoms with Gasteiger partial charge < -0.3 is 19.4 Å². The van der Waals surface area contributed by atoms with Gasteiger partial charge >= 0.3 is 5.97 Å². The van der Waals surface area contributed by atoms with Crippen molar-refractivity contribution in [1.82, 2.24) is 4.57 Å². The van der Waals surface area contributed by atoms with Gasteiger partial charge in [-0.15, -0.1) is 0 Å². The number of carbonyl (C=O) groups excluding carboxylic acids is 2. The van der Waals surface area contributed by atoms with Gasteiger partial charge in [-0.2, -0.15) is 0 Å². The van der Waals surface area contributed by atoms with E-state index >= 15 is 0 Å². The summed E-state index contributed by atoms with van der Waals surface area (Å²) >= 11 is 0. The molecule has 3 rings (SSSR count). The van der Waals surface area contributed by atoms with Crippen molar-refractivity contribution >= 4 is 17.6 Å². The number of esters is 1. The minimum absolute atomic E-state index is 0.143. The van der Waals surface area contributed by atoms with Gasteiger partial charge in [0.2, 0.25) is 0 Å². The predicted molar refractivity (Wildman–Crippen MR) is 114 cm³/mol. The number of hydrogen-bond acceptors (Lipinski definition) is 5. The van der Waals surface area contributed by atoms with E-state index in [9.17, 15) is 14.4 Å². The number of unbranched alkanes of at least 4 members (excludes halogenated alkanes) is 1. The smallest absolute Gasteiger partial charge is 0.338 e. The van der Waals surface area contributed by atoms with Crippen molar-refractivity contribution in [3.63, 3.8) is 0 Å². The van der Waals surface area contributed by atoms with E-state index in [-0.39, 0.29) is 17.4 Å². The van der Waals surface area contributed by atoms with Crippen molar-refractivity contribution in [3.05, 3.63) is 57.5 Å². The number of nitrogens with zero attached hydrogens (tertiary/aromatic N) is 1. The summed E-state index contributed by atoms with van der Waals surface area (Å²) in [4.78, 5) is 37.5. The van der Waals surface area contributed by atoms with Gasteiger partial charge in [0, 0.05) is 24.0 Å². The van der Waals surface area contributed by atoms with Crippen LogP contribution in [0.15, 0.2) is 35.1 Å². The highest BCUT2D eigenvalue weighted by molar-refractivity contribution is 6.07. The summed E-state index contributed by atoms with van der Waals surface area (Å²) in [5.74, 6) is -0.400. The van der Waals surface area contributed by atoms with Crippen LogP contribution in [0.1, 0.15) is 65.9 Å². The number of carbonyl (C=O) groups is 2. The predicted octanol–water partition coefficient (Wildman–Crippen LogP) is 3.79. The molecule has 0 saturated heterocycles. The largest absolute Gasteiger partial charge is 0.493 e. The first-order chi connectivity index (χ1) is 14.5. The molecule has 1 aliphatic rings. The fraction of sp³-hybridized carbons (Fsp3) is 0.435. The molecule has 1 N–H and O–H groups in total. The molecule has 0 fully saturated rings. The van der Waals surface area contributed by atoms with E-state index in [1.807, 2.05) is 13.8 Å². The van der Waals surface area contributed by atoms with Crippen LogP contribution in [-0.2, 0) is 17.7 Å². The first-order valence-electron chi connectivity index (χ1n) is 10.5. The lowest BCUT2D eigenvalue weighted by Gasteiger charge is -2.23. The highest BCUT2D eigenvalue weighted by Crippen LogP contribution is 2.26. The summed E-state index contributed by atoms with van der Waals surface area (Å²) in [6.07, 6.45) is 4.27. The molecule has 1 aliphatic heterocycles. The van der Waals surface area contributed by atoms with E-state index in [1.54, 1.807) is 28.8 Å². The molecule has 7 nitrogen and oxygen atoms in total. The molecule has 30 heavy (non-hydrogen) atoms. The summed E-state index contributed by atoms with van der Waals surface area (Å²) in [6.45, 7) is 5.21. The molecule has 0 bridgehead atoms. The summed E-state index contributed by atoms with van der Waals surface area (Å²) < 4.78 is 12.5. The lowest BCUT2D eigenvalue weighted by molar-refractivity contribution is 0.0499. The normalized spacial score (nSPS) is 12.7. The van der Waals surface area contributed by atoms with Gasteiger partial charge in [0.1, 0.15) is 11.3 Å². The van der Waals surface area contributed by atoms with Gasteiger partial charge in [-0.3, -0.25) is 9.59 Å². The summed E-state index contributed by atoms with van der Waals surface area (Å²) in [5.41, 5.74) is 1.96. The Bertz CT molecular complexity index is 963. The van der Waals surface area contributed by atoms with Crippen molar-refractivity contribution in [3.8, 4) is 5.75 Å². The number of fused-ring (bicyclic) bond motifs is 1. The number of benzene rings is 1. The zero-order valence-corrected chi connectivity index (χ0v) is 17.5. The highest BCUT2D eigenvalue weighted by atomic mass is 16.5. The molecule has 0 atom stereocenters. The Morgan fingerprint density at radius 3 is 2.60 bits per heavy atom. The van der Waals surface area contributed by atoms with Crippen molar-refractivity contribution in [2.45, 2.75) is 52.5 Å². The third kappa shape index (κ3) is 4.90. The summed E-state index contributed by atoms with van der Waals surface area (Å²) in [5, 5.41) is 2.86. The van der Waals surface area contributed by atoms with Gasteiger partial charge in [-0.1, -0.05) is 13.3 Å². The van der Waals surface area contributed by atoms with Crippen LogP contribution in [0.3, 0.4) is 0 Å². The quantitative estimate of drug-likeness (QED) is 0.527. The summed E-state index contributed by atoms with van der Waals surface area (Å²) in [7, 11) is 0. The second kappa shape index (κ2) is 10.1. The van der Waals surface area contributed by atoms with Gasteiger partial charge in [0.05, 0.1) is 18.8 Å². The van der Waals surface area contributed by atoms with E-state index in [4.69, 9.17) is 9.47 Å². The maximum absolute atomic E-state index is 13.1. The first-order valence-corrected chi connectivity index (χ1v) is 10.5. The number of aromatic nitrogens is 1. The lowest BCUT2D eigenvalue weighted by atomic mass is 10.0. The van der Waals surface area contributed by atoms with E-state index in [2.05, 4.69) is 5.32 Å². The Balaban J connectivity index is 1.80. The Kier molecular flexibility index (Phi) is 7.27. The molecule has 0 radical (unpaired) electrons. The Morgan fingerprint density at radius 1 is 1.13 bits per heavy atom. The fourth-order valence-corrected chi connectivity index (χ4v) is 3.53. The van der Waals surface area contributed by atoms with Gasteiger partial charge in [0.25, 0.3) is 11.5 Å². The van der Waals surface area contributed by atoms with Gasteiger partial charge in [0.15, 0.2) is 0 Å². The van der Waals surface area contributed by atoms with Crippen LogP contribution in [-0.4, -0.2) is 29.7 Å². The monoisotopic (exact) mass is 412 g/mol. The molecule has 2 aromatic rings. The third-order valence-corrected chi connectivity index (χ3v) is 5.06. The van der Waals surface area contributed by atoms with E-state index in [1.165, 1.54) is 6.07 Å². The number of pyridine rings is 1. The summed E-state index contributed by atoms with van der Waals surface area (Å²) in [6, 6.07) is 7.96. The minimum atomic E-state index is -0.378. The molecule has 0 saturated carbocycles. The molecule has 1 amide bonds. The van der Waals surface area contributed by atoms with E-state index < -0.39 is 0 Å². The molecule has 160 valence electrons. The second-order valence-electron chi connectivity index (χ2n) is 7.23. The average molecular weight is 412 g/mol. The molecular weight excluding hydrogens is 384 g/mol. The van der Waals surface area contributed by atoms with Crippen LogP contribution in [0, 0.1) is 0 Å². The van der Waals surface area contributed by atoms with Crippen molar-refractivity contribution in [2.24, 2.45) is 0 Å².